The first-order valence-electron chi connectivity index (χ1n) is 8.20. The van der Waals surface area contributed by atoms with E-state index in [0.29, 0.717) is 0 Å². The molecule has 0 radical (unpaired) electrons. The molecule has 0 spiro atoms. The Balaban J connectivity index is 1.99. The normalized spacial score (nSPS) is 20.7. The molecule has 3 rings (SSSR count). The van der Waals surface area contributed by atoms with Gasteiger partial charge in [-0.3, -0.25) is 9.59 Å². The van der Waals surface area contributed by atoms with E-state index in [-0.39, 0.29) is 36.2 Å². The van der Waals surface area contributed by atoms with Crippen molar-refractivity contribution in [1.82, 2.24) is 5.32 Å². The van der Waals surface area contributed by atoms with Gasteiger partial charge >= 0.3 is 0 Å². The van der Waals surface area contributed by atoms with Crippen LogP contribution < -0.4 is 10.2 Å². The van der Waals surface area contributed by atoms with E-state index in [1.807, 2.05) is 62.5 Å². The molecule has 126 valence electrons. The van der Waals surface area contributed by atoms with Gasteiger partial charge in [0, 0.05) is 23.0 Å². The second-order valence-corrected chi connectivity index (χ2v) is 7.51. The molecule has 1 aromatic heterocycles. The van der Waals surface area contributed by atoms with E-state index in [0.717, 1.165) is 16.1 Å². The number of hydrogen-bond acceptors (Lipinski definition) is 3. The Hall–Kier alpha value is -2.14. The number of rotatable bonds is 4. The van der Waals surface area contributed by atoms with Crippen molar-refractivity contribution in [1.29, 1.82) is 0 Å². The van der Waals surface area contributed by atoms with Gasteiger partial charge in [-0.15, -0.1) is 11.3 Å². The minimum absolute atomic E-state index is 0.00107. The highest BCUT2D eigenvalue weighted by molar-refractivity contribution is 7.10. The van der Waals surface area contributed by atoms with Crippen LogP contribution in [0.3, 0.4) is 0 Å². The lowest BCUT2D eigenvalue weighted by molar-refractivity contribution is -0.127. The van der Waals surface area contributed by atoms with Crippen molar-refractivity contribution in [2.75, 3.05) is 4.90 Å². The quantitative estimate of drug-likeness (QED) is 0.921. The summed E-state index contributed by atoms with van der Waals surface area (Å²) >= 11 is 1.59. The van der Waals surface area contributed by atoms with E-state index in [2.05, 4.69) is 5.32 Å². The lowest BCUT2D eigenvalue weighted by Gasteiger charge is -2.27. The van der Waals surface area contributed by atoms with Crippen LogP contribution in [0.2, 0.25) is 0 Å². The van der Waals surface area contributed by atoms with Crippen molar-refractivity contribution >= 4 is 28.8 Å². The maximum absolute atomic E-state index is 12.7. The van der Waals surface area contributed by atoms with E-state index < -0.39 is 0 Å². The number of nitrogens with zero attached hydrogens (tertiary/aromatic N) is 1. The molecule has 2 atom stereocenters. The van der Waals surface area contributed by atoms with Gasteiger partial charge in [-0.05, 0) is 44.4 Å². The second-order valence-electron chi connectivity index (χ2n) is 6.53. The van der Waals surface area contributed by atoms with E-state index in [1.54, 1.807) is 16.2 Å². The Morgan fingerprint density at radius 3 is 2.54 bits per heavy atom. The molecule has 4 nitrogen and oxygen atoms in total. The van der Waals surface area contributed by atoms with Crippen LogP contribution in [0.15, 0.2) is 41.8 Å². The Kier molecular flexibility index (Phi) is 4.71. The molecule has 1 saturated heterocycles. The summed E-state index contributed by atoms with van der Waals surface area (Å²) in [6, 6.07) is 11.7. The van der Waals surface area contributed by atoms with Gasteiger partial charge in [-0.1, -0.05) is 23.8 Å². The molecule has 1 N–H and O–H groups in total. The molecular weight excluding hydrogens is 320 g/mol. The Morgan fingerprint density at radius 1 is 1.25 bits per heavy atom. The molecule has 0 bridgehead atoms. The van der Waals surface area contributed by atoms with Crippen molar-refractivity contribution in [3.63, 3.8) is 0 Å². The minimum atomic E-state index is -0.361. The number of nitrogens with one attached hydrogen (secondary N) is 1. The molecular formula is C19H22N2O2S. The standard InChI is InChI=1S/C19H22N2O2S/c1-12(2)20-19(23)15-11-17(22)21(14-8-6-13(3)7-9-14)18(15)16-5-4-10-24-16/h4-10,12,15,18H,11H2,1-3H3,(H,20,23)/t15-,18-/m0/s1. The van der Waals surface area contributed by atoms with Gasteiger partial charge in [0.25, 0.3) is 0 Å². The number of amides is 2. The zero-order chi connectivity index (χ0) is 17.3. The molecule has 24 heavy (non-hydrogen) atoms. The molecule has 5 heteroatoms. The van der Waals surface area contributed by atoms with Crippen LogP contribution in [0.25, 0.3) is 0 Å². The third-order valence-corrected chi connectivity index (χ3v) is 5.18. The average Bonchev–Trinajstić information content (AvgIpc) is 3.15. The smallest absolute Gasteiger partial charge is 0.228 e. The largest absolute Gasteiger partial charge is 0.354 e. The molecule has 1 aliphatic rings. The summed E-state index contributed by atoms with van der Waals surface area (Å²) in [5.74, 6) is -0.410. The fraction of sp³-hybridized carbons (Fsp3) is 0.368. The maximum atomic E-state index is 12.7. The SMILES string of the molecule is Cc1ccc(N2C(=O)C[C@H](C(=O)NC(C)C)[C@H]2c2cccs2)cc1. The Labute approximate surface area is 146 Å². The van der Waals surface area contributed by atoms with Crippen LogP contribution >= 0.6 is 11.3 Å². The molecule has 1 aliphatic heterocycles. The summed E-state index contributed by atoms with van der Waals surface area (Å²) in [6.45, 7) is 5.89. The van der Waals surface area contributed by atoms with Gasteiger partial charge in [0.2, 0.25) is 11.8 Å². The highest BCUT2D eigenvalue weighted by Crippen LogP contribution is 2.43. The summed E-state index contributed by atoms with van der Waals surface area (Å²) in [4.78, 5) is 28.2. The van der Waals surface area contributed by atoms with Crippen LogP contribution in [-0.4, -0.2) is 17.9 Å². The summed E-state index contributed by atoms with van der Waals surface area (Å²) in [5, 5.41) is 4.95. The fourth-order valence-electron chi connectivity index (χ4n) is 3.16. The topological polar surface area (TPSA) is 49.4 Å². The van der Waals surface area contributed by atoms with Crippen LogP contribution in [0, 0.1) is 12.8 Å². The number of carbonyl (C=O) groups excluding carboxylic acids is 2. The van der Waals surface area contributed by atoms with Crippen LogP contribution in [-0.2, 0) is 9.59 Å². The molecule has 1 aromatic carbocycles. The number of hydrogen-bond donors (Lipinski definition) is 1. The van der Waals surface area contributed by atoms with Gasteiger partial charge in [-0.25, -0.2) is 0 Å². The molecule has 0 saturated carbocycles. The minimum Gasteiger partial charge on any atom is -0.354 e. The predicted octanol–water partition coefficient (Wildman–Crippen LogP) is 3.68. The van der Waals surface area contributed by atoms with Crippen molar-refractivity contribution < 1.29 is 9.59 Å². The van der Waals surface area contributed by atoms with Crippen LogP contribution in [0.4, 0.5) is 5.69 Å². The summed E-state index contributed by atoms with van der Waals surface area (Å²) < 4.78 is 0. The summed E-state index contributed by atoms with van der Waals surface area (Å²) in [7, 11) is 0. The molecule has 2 aromatic rings. The zero-order valence-electron chi connectivity index (χ0n) is 14.2. The van der Waals surface area contributed by atoms with E-state index in [4.69, 9.17) is 0 Å². The fourth-order valence-corrected chi connectivity index (χ4v) is 4.04. The van der Waals surface area contributed by atoms with E-state index in [1.165, 1.54) is 0 Å². The highest BCUT2D eigenvalue weighted by atomic mass is 32.1. The first-order chi connectivity index (χ1) is 11.5. The van der Waals surface area contributed by atoms with Crippen molar-refractivity contribution in [2.45, 2.75) is 39.3 Å². The van der Waals surface area contributed by atoms with Gasteiger partial charge < -0.3 is 10.2 Å². The van der Waals surface area contributed by atoms with Gasteiger partial charge in [0.1, 0.15) is 0 Å². The predicted molar refractivity (Wildman–Crippen MR) is 97.1 cm³/mol. The number of anilines is 1. The van der Waals surface area contributed by atoms with Crippen LogP contribution in [0.1, 0.15) is 36.8 Å². The molecule has 2 heterocycles. The highest BCUT2D eigenvalue weighted by Gasteiger charge is 2.45. The lowest BCUT2D eigenvalue weighted by Crippen LogP contribution is -2.38. The number of benzene rings is 1. The number of carbonyl (C=O) groups is 2. The third kappa shape index (κ3) is 3.22. The summed E-state index contributed by atoms with van der Waals surface area (Å²) in [5.41, 5.74) is 2.00. The van der Waals surface area contributed by atoms with Crippen molar-refractivity contribution in [2.24, 2.45) is 5.92 Å². The van der Waals surface area contributed by atoms with Gasteiger partial charge in [0.15, 0.2) is 0 Å². The number of thiophene rings is 1. The molecule has 1 fully saturated rings. The lowest BCUT2D eigenvalue weighted by atomic mass is 9.97. The first kappa shape index (κ1) is 16.7. The van der Waals surface area contributed by atoms with Crippen LogP contribution in [0.5, 0.6) is 0 Å². The number of aryl methyl sites for hydroxylation is 1. The second kappa shape index (κ2) is 6.77. The monoisotopic (exact) mass is 342 g/mol. The Bertz CT molecular complexity index is 722. The average molecular weight is 342 g/mol. The van der Waals surface area contributed by atoms with Gasteiger partial charge in [0.05, 0.1) is 12.0 Å². The molecule has 0 aliphatic carbocycles. The van der Waals surface area contributed by atoms with Gasteiger partial charge in [-0.2, -0.15) is 0 Å². The first-order valence-corrected chi connectivity index (χ1v) is 9.08. The third-order valence-electron chi connectivity index (χ3n) is 4.24. The maximum Gasteiger partial charge on any atom is 0.228 e. The van der Waals surface area contributed by atoms with E-state index in [9.17, 15) is 9.59 Å². The summed E-state index contributed by atoms with van der Waals surface area (Å²) in [6.07, 6.45) is 0.245. The zero-order valence-corrected chi connectivity index (χ0v) is 15.0. The molecule has 2 amide bonds. The van der Waals surface area contributed by atoms with E-state index >= 15 is 0 Å². The molecule has 0 unspecified atom stereocenters. The van der Waals surface area contributed by atoms with Crippen molar-refractivity contribution in [3.8, 4) is 0 Å². The Morgan fingerprint density at radius 2 is 1.96 bits per heavy atom. The van der Waals surface area contributed by atoms with Crippen molar-refractivity contribution in [3.05, 3.63) is 52.2 Å².